The highest BCUT2D eigenvalue weighted by atomic mass is 35.5. The quantitative estimate of drug-likeness (QED) is 0.0272. The largest absolute Gasteiger partial charge is 0.505 e. The predicted octanol–water partition coefficient (Wildman–Crippen LogP) is 9.18. The Balaban J connectivity index is 1.76. The third kappa shape index (κ3) is 7.67. The Morgan fingerprint density at radius 1 is 0.833 bits per heavy atom. The van der Waals surface area contributed by atoms with Crippen LogP contribution in [0.3, 0.4) is 0 Å². The molecular formula is C24H23ClN6O13S4. The summed E-state index contributed by atoms with van der Waals surface area (Å²) in [4.78, 5) is 10.3. The van der Waals surface area contributed by atoms with Gasteiger partial charge in [-0.15, -0.1) is 14.6 Å². The number of fused-ring (bicyclic) bond motifs is 2. The lowest BCUT2D eigenvalue weighted by Crippen LogP contribution is -2.03. The molecule has 0 saturated carbocycles. The van der Waals surface area contributed by atoms with Gasteiger partial charge in [-0.2, -0.15) is 9.97 Å². The first-order valence-corrected chi connectivity index (χ1v) is 18.1. The topological polar surface area (TPSA) is 316 Å². The molecule has 0 atom stereocenters. The van der Waals surface area contributed by atoms with E-state index in [2.05, 4.69) is 39.9 Å². The van der Waals surface area contributed by atoms with Crippen molar-refractivity contribution in [2.75, 3.05) is 5.32 Å². The molecule has 0 aliphatic rings. The van der Waals surface area contributed by atoms with Crippen LogP contribution in [0.25, 0.3) is 21.5 Å². The van der Waals surface area contributed by atoms with Crippen molar-refractivity contribution in [3.63, 3.8) is 0 Å². The molecule has 258 valence electrons. The molecule has 4 aromatic carbocycles. The van der Waals surface area contributed by atoms with Gasteiger partial charge in [0.05, 0.1) is 37.3 Å². The summed E-state index contributed by atoms with van der Waals surface area (Å²) in [7, 11) is -13.2. The van der Waals surface area contributed by atoms with Gasteiger partial charge in [0.1, 0.15) is 49.8 Å². The van der Waals surface area contributed by atoms with Crippen LogP contribution in [0.4, 0.5) is 23.0 Å². The molecule has 24 heteroatoms. The smallest absolute Gasteiger partial charge is 0.231 e. The fraction of sp³-hybridized carbons (Fsp3) is 0.0417. The van der Waals surface area contributed by atoms with Crippen LogP contribution in [0.1, 0.15) is 5.82 Å². The molecule has 0 radical (unpaired) electrons. The van der Waals surface area contributed by atoms with Crippen molar-refractivity contribution in [3.8, 4) is 5.75 Å². The minimum atomic E-state index is -4.61. The Kier molecular flexibility index (Phi) is 10.2. The number of rotatable bonds is 10. The number of halogens is 1. The number of benzene rings is 4. The van der Waals surface area contributed by atoms with E-state index in [4.69, 9.17) is 16.9 Å². The first-order chi connectivity index (χ1) is 22.4. The number of anilines is 2. The first kappa shape index (κ1) is 36.1. The van der Waals surface area contributed by atoms with Gasteiger partial charge in [-0.25, -0.2) is 10.2 Å². The highest BCUT2D eigenvalue weighted by Gasteiger charge is 2.28. The molecule has 1 aromatic heterocycles. The minimum Gasteiger partial charge on any atom is -0.505 e. The molecule has 5 aromatic rings. The Labute approximate surface area is 282 Å². The standard InChI is InChI=1S/C24H23ClN6O13S4/c1-10-26-23(25)29-24(27-10)28-16-9-12(46(34,35)36)7-11-8-17(45-44-43-33)20(21(32)19(11)16)31-30-15-6-5-13-14(22(15)48(40,41)42)3-2-4-18(13)47(37,38)39/h2-9,32-42H,1H3,(H,26,27,28,29). The van der Waals surface area contributed by atoms with E-state index in [1.54, 1.807) is 0 Å². The van der Waals surface area contributed by atoms with Crippen molar-refractivity contribution < 1.29 is 60.7 Å². The van der Waals surface area contributed by atoms with Crippen LogP contribution in [0.2, 0.25) is 5.28 Å². The van der Waals surface area contributed by atoms with Crippen LogP contribution in [0, 0.1) is 6.92 Å². The molecule has 0 aliphatic heterocycles. The molecule has 0 amide bonds. The highest BCUT2D eigenvalue weighted by Crippen LogP contribution is 2.56. The molecule has 12 N–H and O–H groups in total. The van der Waals surface area contributed by atoms with Gasteiger partial charge in [0.25, 0.3) is 0 Å². The maximum atomic E-state index is 11.5. The predicted molar refractivity (Wildman–Crippen MR) is 178 cm³/mol. The second-order valence-corrected chi connectivity index (χ2v) is 15.0. The number of phenols is 1. The fourth-order valence-corrected chi connectivity index (χ4v) is 7.41. The molecule has 19 nitrogen and oxygen atoms in total. The third-order valence-electron chi connectivity index (χ3n) is 6.34. The zero-order chi connectivity index (χ0) is 35.2. The Hall–Kier alpha value is -3.18. The molecule has 0 unspecified atom stereocenters. The van der Waals surface area contributed by atoms with E-state index in [9.17, 15) is 46.1 Å². The van der Waals surface area contributed by atoms with Crippen molar-refractivity contribution in [2.45, 2.75) is 26.5 Å². The second-order valence-electron chi connectivity index (χ2n) is 9.49. The number of hydrogen-bond donors (Lipinski definition) is 12. The monoisotopic (exact) mass is 766 g/mol. The molecule has 1 heterocycles. The van der Waals surface area contributed by atoms with E-state index in [1.807, 2.05) is 0 Å². The highest BCUT2D eigenvalue weighted by molar-refractivity contribution is 8.20. The van der Waals surface area contributed by atoms with Gasteiger partial charge < -0.3 is 51.4 Å². The van der Waals surface area contributed by atoms with Crippen molar-refractivity contribution >= 4 is 101 Å². The van der Waals surface area contributed by atoms with E-state index in [0.29, 0.717) is 12.0 Å². The zero-order valence-corrected chi connectivity index (χ0v) is 27.6. The lowest BCUT2D eigenvalue weighted by molar-refractivity contribution is -0.432. The van der Waals surface area contributed by atoms with Gasteiger partial charge in [-0.3, -0.25) is 0 Å². The Morgan fingerprint density at radius 3 is 2.19 bits per heavy atom. The Morgan fingerprint density at radius 2 is 1.56 bits per heavy atom. The molecule has 0 bridgehead atoms. The summed E-state index contributed by atoms with van der Waals surface area (Å²) >= 11 is 6.24. The average molecular weight is 767 g/mol. The maximum Gasteiger partial charge on any atom is 0.231 e. The van der Waals surface area contributed by atoms with Crippen molar-refractivity contribution in [1.82, 2.24) is 15.0 Å². The van der Waals surface area contributed by atoms with E-state index >= 15 is 0 Å². The number of aryl methyl sites for hydroxylation is 1. The van der Waals surface area contributed by atoms with Gasteiger partial charge in [0.2, 0.25) is 11.2 Å². The fourth-order valence-electron chi connectivity index (χ4n) is 4.55. The zero-order valence-electron chi connectivity index (χ0n) is 23.6. The number of aromatic hydroxyl groups is 1. The van der Waals surface area contributed by atoms with Crippen LogP contribution in [-0.4, -0.2) is 66.3 Å². The SMILES string of the molecule is Cc1nc(Cl)nc(Nc2cc(S(O)(O)O)cc3cc(SOOO)c(N=Nc4ccc5c(S(O)(O)O)cccc5c4S(O)(O)O)c(O)c23)n1. The van der Waals surface area contributed by atoms with Crippen LogP contribution in [0.5, 0.6) is 5.75 Å². The molecule has 0 spiro atoms. The molecule has 5 rings (SSSR count). The number of hydrogen-bond acceptors (Lipinski definition) is 20. The van der Waals surface area contributed by atoms with E-state index in [0.717, 1.165) is 18.2 Å². The summed E-state index contributed by atoms with van der Waals surface area (Å²) in [5.74, 6) is -0.637. The van der Waals surface area contributed by atoms with Gasteiger partial charge in [-0.1, -0.05) is 23.2 Å². The molecular weight excluding hydrogens is 744 g/mol. The number of nitrogens with zero attached hydrogens (tertiary/aromatic N) is 5. The number of azo groups is 1. The van der Waals surface area contributed by atoms with E-state index in [1.165, 1.54) is 37.3 Å². The summed E-state index contributed by atoms with van der Waals surface area (Å²) in [5.41, 5.74) is -0.918. The first-order valence-electron chi connectivity index (χ1n) is 12.5. The summed E-state index contributed by atoms with van der Waals surface area (Å²) in [6.07, 6.45) is 0. The maximum absolute atomic E-state index is 11.5. The van der Waals surface area contributed by atoms with Crippen LogP contribution >= 0.6 is 56.3 Å². The molecule has 0 fully saturated rings. The molecule has 0 saturated heterocycles. The molecule has 0 aliphatic carbocycles. The van der Waals surface area contributed by atoms with Crippen molar-refractivity contribution in [3.05, 3.63) is 59.6 Å². The van der Waals surface area contributed by atoms with Crippen molar-refractivity contribution in [2.24, 2.45) is 10.2 Å². The summed E-state index contributed by atoms with van der Waals surface area (Å²) in [5, 5.41) is 34.3. The van der Waals surface area contributed by atoms with Crippen molar-refractivity contribution in [1.29, 1.82) is 0 Å². The van der Waals surface area contributed by atoms with Crippen LogP contribution < -0.4 is 5.32 Å². The van der Waals surface area contributed by atoms with Gasteiger partial charge in [0, 0.05) is 16.2 Å². The van der Waals surface area contributed by atoms with E-state index < -0.39 is 53.8 Å². The lowest BCUT2D eigenvalue weighted by atomic mass is 10.1. The Bertz CT molecular complexity index is 2060. The van der Waals surface area contributed by atoms with Gasteiger partial charge in [-0.05, 0) is 54.2 Å². The normalized spacial score (nSPS) is 13.8. The second kappa shape index (κ2) is 13.6. The van der Waals surface area contributed by atoms with Crippen LogP contribution in [0.15, 0.2) is 78.3 Å². The number of phenolic OH excluding ortho intramolecular Hbond substituents is 1. The van der Waals surface area contributed by atoms with Gasteiger partial charge in [0.15, 0.2) is 5.75 Å². The summed E-state index contributed by atoms with van der Waals surface area (Å²) < 4.78 is 95.2. The molecule has 48 heavy (non-hydrogen) atoms. The van der Waals surface area contributed by atoms with Gasteiger partial charge >= 0.3 is 0 Å². The summed E-state index contributed by atoms with van der Waals surface area (Å²) in [6.45, 7) is 1.51. The number of aromatic nitrogens is 3. The number of nitrogens with one attached hydrogen (secondary N) is 1. The lowest BCUT2D eigenvalue weighted by Gasteiger charge is -2.25. The van der Waals surface area contributed by atoms with Crippen LogP contribution in [-0.2, 0) is 9.37 Å². The average Bonchev–Trinajstić information content (AvgIpc) is 2.96. The summed E-state index contributed by atoms with van der Waals surface area (Å²) in [6, 6.07) is 9.46. The third-order valence-corrected chi connectivity index (χ3v) is 9.92. The van der Waals surface area contributed by atoms with E-state index in [-0.39, 0.29) is 59.8 Å². The minimum absolute atomic E-state index is 0.0212.